The van der Waals surface area contributed by atoms with E-state index in [2.05, 4.69) is 0 Å². The third-order valence-electron chi connectivity index (χ3n) is 2.61. The Labute approximate surface area is 126 Å². The fourth-order valence-corrected chi connectivity index (χ4v) is 2.41. The zero-order chi connectivity index (χ0) is 15.7. The summed E-state index contributed by atoms with van der Waals surface area (Å²) >= 11 is 0. The van der Waals surface area contributed by atoms with Crippen LogP contribution in [-0.2, 0) is 28.5 Å². The van der Waals surface area contributed by atoms with E-state index in [1.807, 2.05) is 6.92 Å². The largest absolute Gasteiger partial charge is 0.382 e. The standard InChI is InChI=1S/C14H22O6S/c1-4-18-14(19-10-9-17-3)11-20-21(15,16)13-7-5-12(2)6-8-13/h5-8,14H,4,9-11H2,1-3H3. The van der Waals surface area contributed by atoms with Crippen molar-refractivity contribution in [1.29, 1.82) is 0 Å². The minimum atomic E-state index is -3.81. The van der Waals surface area contributed by atoms with E-state index >= 15 is 0 Å². The molecule has 0 N–H and O–H groups in total. The number of aryl methyl sites for hydroxylation is 1. The molecule has 7 heteroatoms. The summed E-state index contributed by atoms with van der Waals surface area (Å²) in [4.78, 5) is 0.111. The fourth-order valence-electron chi connectivity index (χ4n) is 1.51. The molecule has 1 aromatic rings. The lowest BCUT2D eigenvalue weighted by Gasteiger charge is -2.17. The van der Waals surface area contributed by atoms with Gasteiger partial charge in [-0.3, -0.25) is 4.18 Å². The highest BCUT2D eigenvalue weighted by Gasteiger charge is 2.19. The first-order chi connectivity index (χ1) is 9.99. The number of methoxy groups -OCH3 is 1. The second kappa shape index (κ2) is 9.11. The minimum Gasteiger partial charge on any atom is -0.382 e. The van der Waals surface area contributed by atoms with Crippen molar-refractivity contribution in [3.05, 3.63) is 29.8 Å². The fraction of sp³-hybridized carbons (Fsp3) is 0.571. The predicted octanol–water partition coefficient (Wildman–Crippen LogP) is 1.73. The zero-order valence-corrected chi connectivity index (χ0v) is 13.4. The Bertz CT molecular complexity index is 497. The SMILES string of the molecule is CCOC(COS(=O)(=O)c1ccc(C)cc1)OCCOC. The molecule has 0 aliphatic rings. The topological polar surface area (TPSA) is 71.1 Å². The smallest absolute Gasteiger partial charge is 0.297 e. The van der Waals surface area contributed by atoms with Gasteiger partial charge in [-0.15, -0.1) is 0 Å². The third-order valence-corrected chi connectivity index (χ3v) is 3.91. The van der Waals surface area contributed by atoms with E-state index in [1.54, 1.807) is 26.2 Å². The van der Waals surface area contributed by atoms with Gasteiger partial charge in [0.25, 0.3) is 10.1 Å². The molecule has 0 aromatic heterocycles. The summed E-state index contributed by atoms with van der Waals surface area (Å²) in [5.41, 5.74) is 0.976. The van der Waals surface area contributed by atoms with E-state index < -0.39 is 16.4 Å². The molecule has 1 atom stereocenters. The van der Waals surface area contributed by atoms with Gasteiger partial charge in [-0.25, -0.2) is 0 Å². The second-order valence-electron chi connectivity index (χ2n) is 4.30. The van der Waals surface area contributed by atoms with Gasteiger partial charge in [-0.05, 0) is 26.0 Å². The highest BCUT2D eigenvalue weighted by molar-refractivity contribution is 7.86. The molecule has 0 fully saturated rings. The number of hydrogen-bond donors (Lipinski definition) is 0. The maximum Gasteiger partial charge on any atom is 0.297 e. The Morgan fingerprint density at radius 2 is 1.76 bits per heavy atom. The molecular weight excluding hydrogens is 296 g/mol. The average molecular weight is 318 g/mol. The number of benzene rings is 1. The molecule has 0 aliphatic heterocycles. The van der Waals surface area contributed by atoms with Crippen LogP contribution in [0.2, 0.25) is 0 Å². The van der Waals surface area contributed by atoms with Gasteiger partial charge in [-0.1, -0.05) is 17.7 Å². The van der Waals surface area contributed by atoms with E-state index in [0.29, 0.717) is 19.8 Å². The van der Waals surface area contributed by atoms with Crippen molar-refractivity contribution < 1.29 is 26.8 Å². The van der Waals surface area contributed by atoms with Crippen LogP contribution >= 0.6 is 0 Å². The summed E-state index contributed by atoms with van der Waals surface area (Å²) < 4.78 is 44.5. The van der Waals surface area contributed by atoms with Crippen LogP contribution in [0.25, 0.3) is 0 Å². The van der Waals surface area contributed by atoms with E-state index in [-0.39, 0.29) is 11.5 Å². The maximum atomic E-state index is 12.0. The lowest BCUT2D eigenvalue weighted by molar-refractivity contribution is -0.160. The van der Waals surface area contributed by atoms with Gasteiger partial charge in [0, 0.05) is 13.7 Å². The Balaban J connectivity index is 2.58. The Morgan fingerprint density at radius 3 is 2.33 bits per heavy atom. The molecule has 1 rings (SSSR count). The molecule has 0 saturated heterocycles. The summed E-state index contributed by atoms with van der Waals surface area (Å²) in [5, 5.41) is 0. The molecule has 0 heterocycles. The molecular formula is C14H22O6S. The summed E-state index contributed by atoms with van der Waals surface area (Å²) in [6, 6.07) is 6.44. The van der Waals surface area contributed by atoms with E-state index in [9.17, 15) is 8.42 Å². The summed E-state index contributed by atoms with van der Waals surface area (Å²) in [6.45, 7) is 4.57. The van der Waals surface area contributed by atoms with Crippen LogP contribution in [0, 0.1) is 6.92 Å². The normalized spacial score (nSPS) is 13.3. The third kappa shape index (κ3) is 6.54. The van der Waals surface area contributed by atoms with Gasteiger partial charge < -0.3 is 14.2 Å². The van der Waals surface area contributed by atoms with E-state index in [4.69, 9.17) is 18.4 Å². The van der Waals surface area contributed by atoms with Crippen molar-refractivity contribution in [1.82, 2.24) is 0 Å². The number of rotatable bonds is 10. The first-order valence-corrected chi connectivity index (χ1v) is 8.08. The zero-order valence-electron chi connectivity index (χ0n) is 12.6. The average Bonchev–Trinajstić information content (AvgIpc) is 2.45. The molecule has 1 unspecified atom stereocenters. The van der Waals surface area contributed by atoms with Crippen molar-refractivity contribution in [3.63, 3.8) is 0 Å². The molecule has 120 valence electrons. The van der Waals surface area contributed by atoms with Crippen LogP contribution in [0.3, 0.4) is 0 Å². The van der Waals surface area contributed by atoms with Crippen LogP contribution < -0.4 is 0 Å². The molecule has 0 radical (unpaired) electrons. The van der Waals surface area contributed by atoms with Gasteiger partial charge in [0.1, 0.15) is 6.61 Å². The minimum absolute atomic E-state index is 0.111. The summed E-state index contributed by atoms with van der Waals surface area (Å²) in [7, 11) is -2.26. The molecule has 0 bridgehead atoms. The van der Waals surface area contributed by atoms with Crippen molar-refractivity contribution in [2.75, 3.05) is 33.5 Å². The Morgan fingerprint density at radius 1 is 1.10 bits per heavy atom. The second-order valence-corrected chi connectivity index (χ2v) is 5.92. The lowest BCUT2D eigenvalue weighted by atomic mass is 10.2. The highest BCUT2D eigenvalue weighted by atomic mass is 32.2. The van der Waals surface area contributed by atoms with Gasteiger partial charge in [0.2, 0.25) is 0 Å². The van der Waals surface area contributed by atoms with Crippen LogP contribution in [0.15, 0.2) is 29.2 Å². The molecule has 1 aromatic carbocycles. The summed E-state index contributed by atoms with van der Waals surface area (Å²) in [5.74, 6) is 0. The maximum absolute atomic E-state index is 12.0. The van der Waals surface area contributed by atoms with Crippen LogP contribution in [0.1, 0.15) is 12.5 Å². The molecule has 0 aliphatic carbocycles. The molecule has 0 saturated carbocycles. The Hall–Kier alpha value is -0.990. The van der Waals surface area contributed by atoms with Gasteiger partial charge >= 0.3 is 0 Å². The summed E-state index contributed by atoms with van der Waals surface area (Å²) in [6.07, 6.45) is -0.745. The van der Waals surface area contributed by atoms with Gasteiger partial charge in [0.05, 0.1) is 18.1 Å². The first-order valence-electron chi connectivity index (χ1n) is 6.68. The lowest BCUT2D eigenvalue weighted by Crippen LogP contribution is -2.26. The first kappa shape index (κ1) is 18.1. The predicted molar refractivity (Wildman–Crippen MR) is 77.6 cm³/mol. The Kier molecular flexibility index (Phi) is 7.84. The molecule has 21 heavy (non-hydrogen) atoms. The quantitative estimate of drug-likeness (QED) is 0.372. The highest BCUT2D eigenvalue weighted by Crippen LogP contribution is 2.14. The molecule has 6 nitrogen and oxygen atoms in total. The van der Waals surface area contributed by atoms with E-state index in [1.165, 1.54) is 12.1 Å². The number of hydrogen-bond acceptors (Lipinski definition) is 6. The van der Waals surface area contributed by atoms with Gasteiger partial charge in [0.15, 0.2) is 6.29 Å². The molecule has 0 amide bonds. The molecule has 0 spiro atoms. The number of ether oxygens (including phenoxy) is 3. The van der Waals surface area contributed by atoms with Crippen molar-refractivity contribution >= 4 is 10.1 Å². The van der Waals surface area contributed by atoms with Crippen molar-refractivity contribution in [3.8, 4) is 0 Å². The van der Waals surface area contributed by atoms with Crippen molar-refractivity contribution in [2.45, 2.75) is 25.0 Å². The van der Waals surface area contributed by atoms with Gasteiger partial charge in [-0.2, -0.15) is 8.42 Å². The van der Waals surface area contributed by atoms with Crippen LogP contribution in [0.5, 0.6) is 0 Å². The van der Waals surface area contributed by atoms with Crippen molar-refractivity contribution in [2.24, 2.45) is 0 Å². The van der Waals surface area contributed by atoms with E-state index in [0.717, 1.165) is 5.56 Å². The monoisotopic (exact) mass is 318 g/mol. The van der Waals surface area contributed by atoms with Crippen LogP contribution in [0.4, 0.5) is 0 Å². The van der Waals surface area contributed by atoms with Crippen LogP contribution in [-0.4, -0.2) is 48.2 Å².